The van der Waals surface area contributed by atoms with Crippen LogP contribution < -0.4 is 15.5 Å². The summed E-state index contributed by atoms with van der Waals surface area (Å²) in [5, 5.41) is 5.88. The molecule has 2 aromatic carbocycles. The summed E-state index contributed by atoms with van der Waals surface area (Å²) in [6.07, 6.45) is 3.78. The first-order valence-corrected chi connectivity index (χ1v) is 9.26. The number of hydrogen-bond donors (Lipinski definition) is 2. The van der Waals surface area contributed by atoms with Gasteiger partial charge in [-0.25, -0.2) is 0 Å². The molecule has 2 amide bonds. The number of para-hydroxylation sites is 3. The van der Waals surface area contributed by atoms with Crippen molar-refractivity contribution in [1.82, 2.24) is 0 Å². The second-order valence-corrected chi connectivity index (χ2v) is 6.95. The fraction of sp³-hybridized carbons (Fsp3) is 0.333. The number of fused-ring (bicyclic) bond motifs is 1. The SMILES string of the molecule is O=C(C[C@@H]1C(=O)Nc2ccccc21)Nc1ccccc1N1CCCCC1. The molecule has 0 spiro atoms. The summed E-state index contributed by atoms with van der Waals surface area (Å²) in [6.45, 7) is 2.04. The summed E-state index contributed by atoms with van der Waals surface area (Å²) in [5.74, 6) is -0.662. The Hall–Kier alpha value is -2.82. The Morgan fingerprint density at radius 1 is 1.04 bits per heavy atom. The van der Waals surface area contributed by atoms with Crippen LogP contribution >= 0.6 is 0 Å². The Morgan fingerprint density at radius 3 is 2.62 bits per heavy atom. The van der Waals surface area contributed by atoms with Gasteiger partial charge in [0.2, 0.25) is 11.8 Å². The van der Waals surface area contributed by atoms with Crippen molar-refractivity contribution < 1.29 is 9.59 Å². The highest BCUT2D eigenvalue weighted by Crippen LogP contribution is 2.35. The van der Waals surface area contributed by atoms with E-state index in [0.29, 0.717) is 0 Å². The zero-order chi connectivity index (χ0) is 17.9. The number of amides is 2. The van der Waals surface area contributed by atoms with E-state index in [2.05, 4.69) is 21.6 Å². The van der Waals surface area contributed by atoms with Crippen LogP contribution in [0.4, 0.5) is 17.1 Å². The Bertz CT molecular complexity index is 828. The van der Waals surface area contributed by atoms with Crippen molar-refractivity contribution in [1.29, 1.82) is 0 Å². The van der Waals surface area contributed by atoms with E-state index < -0.39 is 5.92 Å². The minimum Gasteiger partial charge on any atom is -0.370 e. The number of carbonyl (C=O) groups is 2. The smallest absolute Gasteiger partial charge is 0.232 e. The van der Waals surface area contributed by atoms with Gasteiger partial charge in [0, 0.05) is 25.2 Å². The maximum absolute atomic E-state index is 12.6. The van der Waals surface area contributed by atoms with Crippen LogP contribution in [0.25, 0.3) is 0 Å². The van der Waals surface area contributed by atoms with Gasteiger partial charge in [0.1, 0.15) is 0 Å². The van der Waals surface area contributed by atoms with Gasteiger partial charge in [-0.2, -0.15) is 0 Å². The van der Waals surface area contributed by atoms with Gasteiger partial charge in [-0.05, 0) is 43.0 Å². The second-order valence-electron chi connectivity index (χ2n) is 6.95. The summed E-state index contributed by atoms with van der Waals surface area (Å²) < 4.78 is 0. The van der Waals surface area contributed by atoms with Crippen molar-refractivity contribution in [3.8, 4) is 0 Å². The van der Waals surface area contributed by atoms with Crippen molar-refractivity contribution in [3.05, 3.63) is 54.1 Å². The molecular weight excluding hydrogens is 326 g/mol. The molecule has 0 aromatic heterocycles. The standard InChI is InChI=1S/C21H23N3O2/c25-20(14-16-15-8-2-3-9-17(15)23-21(16)26)22-18-10-4-5-11-19(18)24-12-6-1-7-13-24/h2-5,8-11,16H,1,6-7,12-14H2,(H,22,25)(H,23,26)/t16-/m0/s1. The highest BCUT2D eigenvalue weighted by atomic mass is 16.2. The minimum absolute atomic E-state index is 0.106. The van der Waals surface area contributed by atoms with Gasteiger partial charge in [-0.15, -0.1) is 0 Å². The van der Waals surface area contributed by atoms with Gasteiger partial charge in [0.25, 0.3) is 0 Å². The van der Waals surface area contributed by atoms with Crippen LogP contribution in [0.15, 0.2) is 48.5 Å². The van der Waals surface area contributed by atoms with Gasteiger partial charge in [-0.3, -0.25) is 9.59 Å². The molecule has 1 atom stereocenters. The largest absolute Gasteiger partial charge is 0.370 e. The molecule has 2 aromatic rings. The van der Waals surface area contributed by atoms with Crippen molar-refractivity contribution >= 4 is 28.9 Å². The lowest BCUT2D eigenvalue weighted by atomic mass is 9.97. The summed E-state index contributed by atoms with van der Waals surface area (Å²) in [6, 6.07) is 15.5. The first-order valence-electron chi connectivity index (χ1n) is 9.26. The van der Waals surface area contributed by atoms with Crippen LogP contribution in [0.3, 0.4) is 0 Å². The summed E-state index contributed by atoms with van der Waals surface area (Å²) in [7, 11) is 0. The van der Waals surface area contributed by atoms with E-state index in [1.165, 1.54) is 19.3 Å². The Morgan fingerprint density at radius 2 is 1.77 bits per heavy atom. The molecule has 1 saturated heterocycles. The Balaban J connectivity index is 1.48. The van der Waals surface area contributed by atoms with Crippen LogP contribution in [0.2, 0.25) is 0 Å². The van der Waals surface area contributed by atoms with Gasteiger partial charge in [0.15, 0.2) is 0 Å². The maximum atomic E-state index is 12.6. The Labute approximate surface area is 153 Å². The molecular formula is C21H23N3O2. The molecule has 5 nitrogen and oxygen atoms in total. The molecule has 5 heteroatoms. The zero-order valence-electron chi connectivity index (χ0n) is 14.7. The quantitative estimate of drug-likeness (QED) is 0.884. The minimum atomic E-state index is -0.423. The predicted octanol–water partition coefficient (Wildman–Crippen LogP) is 3.74. The van der Waals surface area contributed by atoms with Crippen molar-refractivity contribution in [2.75, 3.05) is 28.6 Å². The molecule has 0 radical (unpaired) electrons. The number of piperidine rings is 1. The summed E-state index contributed by atoms with van der Waals surface area (Å²) in [4.78, 5) is 27.2. The molecule has 26 heavy (non-hydrogen) atoms. The third-order valence-electron chi connectivity index (χ3n) is 5.17. The average Bonchev–Trinajstić information content (AvgIpc) is 2.98. The molecule has 0 unspecified atom stereocenters. The fourth-order valence-corrected chi connectivity index (χ4v) is 3.85. The van der Waals surface area contributed by atoms with E-state index >= 15 is 0 Å². The first-order chi connectivity index (χ1) is 12.7. The first kappa shape index (κ1) is 16.6. The topological polar surface area (TPSA) is 61.4 Å². The maximum Gasteiger partial charge on any atom is 0.232 e. The monoisotopic (exact) mass is 349 g/mol. The number of hydrogen-bond acceptors (Lipinski definition) is 3. The number of nitrogens with one attached hydrogen (secondary N) is 2. The zero-order valence-corrected chi connectivity index (χ0v) is 14.7. The van der Waals surface area contributed by atoms with Gasteiger partial charge in [-0.1, -0.05) is 30.3 Å². The molecule has 4 rings (SSSR count). The second kappa shape index (κ2) is 7.20. The molecule has 2 aliphatic heterocycles. The van der Waals surface area contributed by atoms with E-state index in [1.807, 2.05) is 42.5 Å². The van der Waals surface area contributed by atoms with E-state index in [0.717, 1.165) is 35.7 Å². The van der Waals surface area contributed by atoms with E-state index in [1.54, 1.807) is 0 Å². The molecule has 1 fully saturated rings. The molecule has 0 aliphatic carbocycles. The van der Waals surface area contributed by atoms with E-state index in [4.69, 9.17) is 0 Å². The van der Waals surface area contributed by atoms with Crippen LogP contribution in [-0.2, 0) is 9.59 Å². The highest BCUT2D eigenvalue weighted by molar-refractivity contribution is 6.06. The molecule has 2 heterocycles. The van der Waals surface area contributed by atoms with Crippen LogP contribution in [0, 0.1) is 0 Å². The lowest BCUT2D eigenvalue weighted by Gasteiger charge is -2.30. The third-order valence-corrected chi connectivity index (χ3v) is 5.17. The van der Waals surface area contributed by atoms with Crippen LogP contribution in [0.1, 0.15) is 37.2 Å². The van der Waals surface area contributed by atoms with Crippen LogP contribution in [0.5, 0.6) is 0 Å². The van der Waals surface area contributed by atoms with Crippen molar-refractivity contribution in [3.63, 3.8) is 0 Å². The molecule has 134 valence electrons. The van der Waals surface area contributed by atoms with Gasteiger partial charge < -0.3 is 15.5 Å². The van der Waals surface area contributed by atoms with E-state index in [9.17, 15) is 9.59 Å². The molecule has 2 aliphatic rings. The van der Waals surface area contributed by atoms with Crippen LogP contribution in [-0.4, -0.2) is 24.9 Å². The molecule has 0 saturated carbocycles. The lowest BCUT2D eigenvalue weighted by Crippen LogP contribution is -2.30. The van der Waals surface area contributed by atoms with Gasteiger partial charge >= 0.3 is 0 Å². The summed E-state index contributed by atoms with van der Waals surface area (Å²) in [5.41, 5.74) is 3.60. The Kier molecular flexibility index (Phi) is 4.61. The number of benzene rings is 2. The fourth-order valence-electron chi connectivity index (χ4n) is 3.85. The number of anilines is 3. The van der Waals surface area contributed by atoms with E-state index in [-0.39, 0.29) is 18.2 Å². The highest BCUT2D eigenvalue weighted by Gasteiger charge is 2.32. The number of carbonyl (C=O) groups excluding carboxylic acids is 2. The average molecular weight is 349 g/mol. The van der Waals surface area contributed by atoms with Crippen molar-refractivity contribution in [2.24, 2.45) is 0 Å². The number of nitrogens with zero attached hydrogens (tertiary/aromatic N) is 1. The van der Waals surface area contributed by atoms with Gasteiger partial charge in [0.05, 0.1) is 17.3 Å². The molecule has 0 bridgehead atoms. The normalized spacial score (nSPS) is 19.0. The van der Waals surface area contributed by atoms with Crippen molar-refractivity contribution in [2.45, 2.75) is 31.6 Å². The number of rotatable bonds is 4. The molecule has 2 N–H and O–H groups in total. The lowest BCUT2D eigenvalue weighted by molar-refractivity contribution is -0.122. The summed E-state index contributed by atoms with van der Waals surface area (Å²) >= 11 is 0. The predicted molar refractivity (Wildman–Crippen MR) is 104 cm³/mol. The third kappa shape index (κ3) is 3.29.